The van der Waals surface area contributed by atoms with Gasteiger partial charge in [-0.15, -0.1) is 0 Å². The van der Waals surface area contributed by atoms with Gasteiger partial charge in [-0.3, -0.25) is 0 Å². The molecule has 112 valence electrons. The molecule has 2 atom stereocenters. The van der Waals surface area contributed by atoms with Gasteiger partial charge >= 0.3 is 0 Å². The first kappa shape index (κ1) is 14.3. The minimum atomic E-state index is -0.299. The first-order valence-corrected chi connectivity index (χ1v) is 7.64. The van der Waals surface area contributed by atoms with E-state index in [2.05, 4.69) is 33.6 Å². The molecule has 1 aliphatic rings. The van der Waals surface area contributed by atoms with Crippen LogP contribution in [0.5, 0.6) is 0 Å². The fourth-order valence-electron chi connectivity index (χ4n) is 3.23. The van der Waals surface area contributed by atoms with E-state index < -0.39 is 0 Å². The molecule has 0 saturated carbocycles. The number of hydrogen-bond donors (Lipinski definition) is 1. The Bertz CT molecular complexity index is 566. The van der Waals surface area contributed by atoms with Gasteiger partial charge in [0.25, 0.3) is 0 Å². The summed E-state index contributed by atoms with van der Waals surface area (Å²) in [5.74, 6) is 1.66. The number of aliphatic hydroxyl groups is 1. The number of hydrogen-bond acceptors (Lipinski definition) is 3. The van der Waals surface area contributed by atoms with Crippen LogP contribution in [0.3, 0.4) is 0 Å². The minimum absolute atomic E-state index is 0.299. The molecule has 4 heteroatoms. The van der Waals surface area contributed by atoms with Gasteiger partial charge in [-0.05, 0) is 24.9 Å². The summed E-state index contributed by atoms with van der Waals surface area (Å²) in [5, 5.41) is 10.3. The molecular formula is C17H23N3O. The summed E-state index contributed by atoms with van der Waals surface area (Å²) in [6.45, 7) is 2.79. The number of aromatic nitrogens is 2. The van der Waals surface area contributed by atoms with Gasteiger partial charge in [-0.25, -0.2) is 4.98 Å². The van der Waals surface area contributed by atoms with Crippen molar-refractivity contribution in [1.82, 2.24) is 14.5 Å². The molecule has 3 rings (SSSR count). The van der Waals surface area contributed by atoms with Crippen LogP contribution < -0.4 is 0 Å². The minimum Gasteiger partial charge on any atom is -0.391 e. The van der Waals surface area contributed by atoms with E-state index in [1.807, 2.05) is 30.6 Å². The van der Waals surface area contributed by atoms with Crippen molar-refractivity contribution in [1.29, 1.82) is 0 Å². The highest BCUT2D eigenvalue weighted by molar-refractivity contribution is 5.15. The van der Waals surface area contributed by atoms with Gasteiger partial charge in [0.1, 0.15) is 5.82 Å². The van der Waals surface area contributed by atoms with Crippen LogP contribution in [-0.2, 0) is 13.5 Å². The van der Waals surface area contributed by atoms with E-state index in [1.54, 1.807) is 0 Å². The molecule has 4 nitrogen and oxygen atoms in total. The predicted molar refractivity (Wildman–Crippen MR) is 83.2 cm³/mol. The summed E-state index contributed by atoms with van der Waals surface area (Å²) >= 11 is 0. The second-order valence-electron chi connectivity index (χ2n) is 5.99. The Morgan fingerprint density at radius 2 is 2.14 bits per heavy atom. The molecule has 0 amide bonds. The molecule has 0 aliphatic carbocycles. The molecule has 0 bridgehead atoms. The van der Waals surface area contributed by atoms with Gasteiger partial charge in [0.05, 0.1) is 6.10 Å². The number of likely N-dealkylation sites (tertiary alicyclic amines) is 1. The summed E-state index contributed by atoms with van der Waals surface area (Å²) in [6, 6.07) is 10.2. The molecule has 2 aromatic rings. The number of β-amino-alcohol motifs (C(OH)–C–C–N with tert-alkyl or cyclic N) is 1. The third-order valence-electron chi connectivity index (χ3n) is 4.28. The van der Waals surface area contributed by atoms with E-state index in [9.17, 15) is 5.11 Å². The van der Waals surface area contributed by atoms with E-state index in [1.165, 1.54) is 5.56 Å². The Morgan fingerprint density at radius 3 is 2.86 bits per heavy atom. The lowest BCUT2D eigenvalue weighted by Crippen LogP contribution is -2.32. The third kappa shape index (κ3) is 3.52. The second kappa shape index (κ2) is 6.41. The van der Waals surface area contributed by atoms with Gasteiger partial charge in [0, 0.05) is 38.4 Å². The summed E-state index contributed by atoms with van der Waals surface area (Å²) < 4.78 is 2.11. The molecule has 1 fully saturated rings. The van der Waals surface area contributed by atoms with Crippen molar-refractivity contribution in [3.63, 3.8) is 0 Å². The second-order valence-corrected chi connectivity index (χ2v) is 5.99. The normalized spacial score (nSPS) is 20.8. The third-order valence-corrected chi connectivity index (χ3v) is 4.28. The van der Waals surface area contributed by atoms with Crippen molar-refractivity contribution in [3.05, 3.63) is 54.1 Å². The lowest BCUT2D eigenvalue weighted by molar-refractivity contribution is 0.124. The molecule has 21 heavy (non-hydrogen) atoms. The van der Waals surface area contributed by atoms with E-state index in [-0.39, 0.29) is 6.10 Å². The highest BCUT2D eigenvalue weighted by Gasteiger charge is 2.27. The maximum absolute atomic E-state index is 10.3. The van der Waals surface area contributed by atoms with Crippen LogP contribution in [0.15, 0.2) is 42.7 Å². The van der Waals surface area contributed by atoms with Gasteiger partial charge in [-0.2, -0.15) is 0 Å². The number of aliphatic hydroxyl groups excluding tert-OH is 1. The molecule has 1 N–H and O–H groups in total. The van der Waals surface area contributed by atoms with Crippen LogP contribution in [0.4, 0.5) is 0 Å². The summed E-state index contributed by atoms with van der Waals surface area (Å²) in [6.07, 6.45) is 5.42. The molecule has 1 saturated heterocycles. The van der Waals surface area contributed by atoms with E-state index in [0.29, 0.717) is 5.92 Å². The van der Waals surface area contributed by atoms with Crippen LogP contribution in [0.25, 0.3) is 0 Å². The average molecular weight is 285 g/mol. The number of imidazole rings is 1. The van der Waals surface area contributed by atoms with Crippen molar-refractivity contribution < 1.29 is 5.11 Å². The van der Waals surface area contributed by atoms with Crippen LogP contribution in [0, 0.1) is 0 Å². The monoisotopic (exact) mass is 285 g/mol. The van der Waals surface area contributed by atoms with Gasteiger partial charge in [-0.1, -0.05) is 30.3 Å². The fraction of sp³-hybridized carbons (Fsp3) is 0.471. The number of aryl methyl sites for hydroxylation is 1. The molecule has 1 aliphatic heterocycles. The summed E-state index contributed by atoms with van der Waals surface area (Å²) in [7, 11) is 2.05. The van der Waals surface area contributed by atoms with Crippen LogP contribution in [-0.4, -0.2) is 45.3 Å². The van der Waals surface area contributed by atoms with Crippen LogP contribution in [0.2, 0.25) is 0 Å². The Kier molecular flexibility index (Phi) is 4.36. The Labute approximate surface area is 126 Å². The SMILES string of the molecule is Cn1ccnc1C1CCN(C[C@@H](O)Cc2ccccc2)C1. The Hall–Kier alpha value is -1.65. The zero-order chi connectivity index (χ0) is 14.7. The first-order valence-electron chi connectivity index (χ1n) is 7.64. The van der Waals surface area contributed by atoms with E-state index in [4.69, 9.17) is 0 Å². The fourth-order valence-corrected chi connectivity index (χ4v) is 3.23. The Morgan fingerprint density at radius 1 is 1.33 bits per heavy atom. The van der Waals surface area contributed by atoms with Gasteiger partial charge in [0.15, 0.2) is 0 Å². The predicted octanol–water partition coefficient (Wildman–Crippen LogP) is 1.81. The summed E-state index contributed by atoms with van der Waals surface area (Å²) in [5.41, 5.74) is 1.20. The van der Waals surface area contributed by atoms with Gasteiger partial charge < -0.3 is 14.6 Å². The van der Waals surface area contributed by atoms with Gasteiger partial charge in [0.2, 0.25) is 0 Å². The maximum Gasteiger partial charge on any atom is 0.112 e. The first-order chi connectivity index (χ1) is 10.2. The standard InChI is InChI=1S/C17H23N3O/c1-19-10-8-18-17(19)15-7-9-20(12-15)13-16(21)11-14-5-3-2-4-6-14/h2-6,8,10,15-16,21H,7,9,11-13H2,1H3/t15?,16-/m0/s1. The molecule has 1 aromatic heterocycles. The zero-order valence-electron chi connectivity index (χ0n) is 12.5. The van der Waals surface area contributed by atoms with Crippen molar-refractivity contribution in [2.45, 2.75) is 24.9 Å². The lowest BCUT2D eigenvalue weighted by Gasteiger charge is -2.20. The number of rotatable bonds is 5. The average Bonchev–Trinajstić information content (AvgIpc) is 3.08. The van der Waals surface area contributed by atoms with Crippen molar-refractivity contribution in [3.8, 4) is 0 Å². The van der Waals surface area contributed by atoms with Crippen molar-refractivity contribution >= 4 is 0 Å². The molecular weight excluding hydrogens is 262 g/mol. The molecule has 0 radical (unpaired) electrons. The van der Waals surface area contributed by atoms with Crippen LogP contribution in [0.1, 0.15) is 23.7 Å². The lowest BCUT2D eigenvalue weighted by atomic mass is 10.1. The maximum atomic E-state index is 10.3. The smallest absolute Gasteiger partial charge is 0.112 e. The number of nitrogens with zero attached hydrogens (tertiary/aromatic N) is 3. The topological polar surface area (TPSA) is 41.3 Å². The van der Waals surface area contributed by atoms with E-state index >= 15 is 0 Å². The molecule has 1 unspecified atom stereocenters. The molecule has 2 heterocycles. The van der Waals surface area contributed by atoms with Crippen LogP contribution >= 0.6 is 0 Å². The Balaban J connectivity index is 1.52. The molecule has 1 aromatic carbocycles. The quantitative estimate of drug-likeness (QED) is 0.911. The highest BCUT2D eigenvalue weighted by Crippen LogP contribution is 2.25. The summed E-state index contributed by atoms with van der Waals surface area (Å²) in [4.78, 5) is 6.81. The van der Waals surface area contributed by atoms with Crippen molar-refractivity contribution in [2.75, 3.05) is 19.6 Å². The zero-order valence-corrected chi connectivity index (χ0v) is 12.5. The number of benzene rings is 1. The largest absolute Gasteiger partial charge is 0.391 e. The van der Waals surface area contributed by atoms with E-state index in [0.717, 1.165) is 38.3 Å². The van der Waals surface area contributed by atoms with Crippen molar-refractivity contribution in [2.24, 2.45) is 7.05 Å². The highest BCUT2D eigenvalue weighted by atomic mass is 16.3. The molecule has 0 spiro atoms.